The van der Waals surface area contributed by atoms with Crippen LogP contribution >= 0.6 is 0 Å². The van der Waals surface area contributed by atoms with Gasteiger partial charge in [0.1, 0.15) is 24.4 Å². The van der Waals surface area contributed by atoms with Crippen LogP contribution in [-0.4, -0.2) is 50.2 Å². The van der Waals surface area contributed by atoms with E-state index in [1.54, 1.807) is 0 Å². The van der Waals surface area contributed by atoms with Crippen molar-refractivity contribution < 1.29 is 20.1 Å². The number of nitrogens with one attached hydrogen (secondary N) is 2. The topological polar surface area (TPSA) is 136 Å². The first-order valence-corrected chi connectivity index (χ1v) is 4.99. The van der Waals surface area contributed by atoms with Gasteiger partial charge in [0.25, 0.3) is 5.56 Å². The van der Waals surface area contributed by atoms with E-state index in [2.05, 4.69) is 4.98 Å². The zero-order valence-electron chi connectivity index (χ0n) is 8.66. The lowest BCUT2D eigenvalue weighted by Gasteiger charge is -2.13. The van der Waals surface area contributed by atoms with E-state index in [0.29, 0.717) is 0 Å². The Morgan fingerprint density at radius 3 is 2.59 bits per heavy atom. The predicted octanol–water partition coefficient (Wildman–Crippen LogP) is -2.78. The Bertz CT molecular complexity index is 509. The first-order chi connectivity index (χ1) is 8.04. The van der Waals surface area contributed by atoms with Gasteiger partial charge in [0.15, 0.2) is 0 Å². The summed E-state index contributed by atoms with van der Waals surface area (Å²) in [4.78, 5) is 26.5. The van der Waals surface area contributed by atoms with Gasteiger partial charge in [-0.15, -0.1) is 0 Å². The zero-order chi connectivity index (χ0) is 12.6. The van der Waals surface area contributed by atoms with Crippen LogP contribution < -0.4 is 11.2 Å². The van der Waals surface area contributed by atoms with Gasteiger partial charge in [-0.1, -0.05) is 0 Å². The molecule has 4 atom stereocenters. The number of rotatable bonds is 2. The van der Waals surface area contributed by atoms with Crippen LogP contribution in [0.25, 0.3) is 0 Å². The molecule has 1 saturated heterocycles. The molecule has 1 aliphatic rings. The Labute approximate surface area is 94.5 Å². The molecule has 1 fully saturated rings. The molecule has 1 unspecified atom stereocenters. The predicted molar refractivity (Wildman–Crippen MR) is 54.4 cm³/mol. The van der Waals surface area contributed by atoms with Gasteiger partial charge >= 0.3 is 5.69 Å². The number of aliphatic hydroxyl groups excluding tert-OH is 3. The van der Waals surface area contributed by atoms with Crippen molar-refractivity contribution in [2.24, 2.45) is 0 Å². The lowest BCUT2D eigenvalue weighted by atomic mass is 10.0. The molecule has 0 aromatic carbocycles. The molecule has 8 nitrogen and oxygen atoms in total. The van der Waals surface area contributed by atoms with Crippen molar-refractivity contribution in [3.8, 4) is 0 Å². The molecule has 0 amide bonds. The van der Waals surface area contributed by atoms with Crippen molar-refractivity contribution >= 4 is 0 Å². The molecule has 0 saturated carbocycles. The normalized spacial score (nSPS) is 32.9. The van der Waals surface area contributed by atoms with Gasteiger partial charge in [0.05, 0.1) is 12.2 Å². The molecule has 0 radical (unpaired) electrons. The Balaban J connectivity index is 2.35. The maximum Gasteiger partial charge on any atom is 0.325 e. The maximum atomic E-state index is 11.5. The van der Waals surface area contributed by atoms with E-state index in [1.165, 1.54) is 0 Å². The number of ether oxygens (including phenoxy) is 1. The standard InChI is InChI=1S/C9H12N2O6/c12-2-4-5(13)6(14)7(17-4)3-1-10-9(16)11-8(3)15/h1,4-7,12-14H,2H2,(H2,10,11,15,16)/t4-,5?,6+,7+/m1/s1/i12+2. The minimum Gasteiger partial charge on any atom is -0.394 e. The lowest BCUT2D eigenvalue weighted by Crippen LogP contribution is -2.34. The lowest BCUT2D eigenvalue weighted by molar-refractivity contribution is -0.0232. The summed E-state index contributed by atoms with van der Waals surface area (Å²) in [6.07, 6.45) is -3.54. The van der Waals surface area contributed by atoms with E-state index in [4.69, 9.17) is 9.84 Å². The first kappa shape index (κ1) is 12.0. The highest BCUT2D eigenvalue weighted by molar-refractivity contribution is 5.13. The second kappa shape index (κ2) is 4.41. The summed E-state index contributed by atoms with van der Waals surface area (Å²) in [6, 6.07) is 0. The van der Waals surface area contributed by atoms with Gasteiger partial charge in [0, 0.05) is 6.20 Å². The third kappa shape index (κ3) is 2.03. The summed E-state index contributed by atoms with van der Waals surface area (Å²) in [7, 11) is 0. The average Bonchev–Trinajstić information content (AvgIpc) is 2.57. The van der Waals surface area contributed by atoms with Crippen LogP contribution in [0.1, 0.15) is 11.7 Å². The van der Waals surface area contributed by atoms with Crippen molar-refractivity contribution in [1.29, 1.82) is 0 Å². The van der Waals surface area contributed by atoms with Crippen LogP contribution in [0.2, 0.25) is 0 Å². The molecule has 2 heterocycles. The fourth-order valence-electron chi connectivity index (χ4n) is 1.79. The molecule has 0 bridgehead atoms. The average molecular weight is 246 g/mol. The molecule has 94 valence electrons. The van der Waals surface area contributed by atoms with Crippen LogP contribution in [0.3, 0.4) is 0 Å². The third-order valence-corrected chi connectivity index (χ3v) is 2.70. The highest BCUT2D eigenvalue weighted by atomic mass is 18.2. The van der Waals surface area contributed by atoms with Crippen molar-refractivity contribution in [1.82, 2.24) is 9.97 Å². The Hall–Kier alpha value is -1.48. The molecule has 2 rings (SSSR count). The Morgan fingerprint density at radius 2 is 2.06 bits per heavy atom. The monoisotopic (exact) mass is 246 g/mol. The summed E-state index contributed by atoms with van der Waals surface area (Å²) < 4.78 is 5.15. The van der Waals surface area contributed by atoms with E-state index in [0.717, 1.165) is 6.20 Å². The first-order valence-electron chi connectivity index (χ1n) is 4.99. The highest BCUT2D eigenvalue weighted by Gasteiger charge is 2.44. The van der Waals surface area contributed by atoms with E-state index in [-0.39, 0.29) is 5.56 Å². The second-order valence-corrected chi connectivity index (χ2v) is 3.79. The molecule has 8 heteroatoms. The van der Waals surface area contributed by atoms with E-state index in [1.807, 2.05) is 4.98 Å². The quantitative estimate of drug-likeness (QED) is 0.358. The van der Waals surface area contributed by atoms with E-state index >= 15 is 0 Å². The van der Waals surface area contributed by atoms with Gasteiger partial charge in [-0.3, -0.25) is 9.78 Å². The summed E-state index contributed by atoms with van der Waals surface area (Å²) >= 11 is 0. The van der Waals surface area contributed by atoms with E-state index < -0.39 is 42.3 Å². The van der Waals surface area contributed by atoms with Crippen LogP contribution in [0.4, 0.5) is 0 Å². The molecular formula is C9H12N2O6. The summed E-state index contributed by atoms with van der Waals surface area (Å²) in [5.41, 5.74) is -1.39. The van der Waals surface area contributed by atoms with Gasteiger partial charge in [0.2, 0.25) is 0 Å². The van der Waals surface area contributed by atoms with Crippen molar-refractivity contribution in [2.75, 3.05) is 6.61 Å². The maximum absolute atomic E-state index is 11.5. The molecule has 17 heavy (non-hydrogen) atoms. The Morgan fingerprint density at radius 1 is 1.35 bits per heavy atom. The van der Waals surface area contributed by atoms with Crippen molar-refractivity contribution in [3.05, 3.63) is 32.6 Å². The van der Waals surface area contributed by atoms with Crippen molar-refractivity contribution in [3.63, 3.8) is 0 Å². The number of H-pyrrole nitrogens is 2. The number of hydrogen-bond donors (Lipinski definition) is 5. The Kier molecular flexibility index (Phi) is 3.11. The largest absolute Gasteiger partial charge is 0.394 e. The van der Waals surface area contributed by atoms with Crippen LogP contribution in [0, 0.1) is 0 Å². The summed E-state index contributed by atoms with van der Waals surface area (Å²) in [6.45, 7) is -0.476. The molecule has 1 aromatic rings. The minimum atomic E-state index is -1.33. The smallest absolute Gasteiger partial charge is 0.325 e. The summed E-state index contributed by atoms with van der Waals surface area (Å²) in [5, 5.41) is 28.1. The third-order valence-electron chi connectivity index (χ3n) is 2.70. The van der Waals surface area contributed by atoms with Gasteiger partial charge in [-0.2, -0.15) is 0 Å². The van der Waals surface area contributed by atoms with Gasteiger partial charge < -0.3 is 25.0 Å². The van der Waals surface area contributed by atoms with Crippen molar-refractivity contribution in [2.45, 2.75) is 24.4 Å². The molecule has 1 aromatic heterocycles. The molecule has 1 aliphatic heterocycles. The SMILES string of the molecule is O=c1[nH]cc([C@@H]2O[C@H](C[18OH])C(O)[C@@H]2O)c(=O)[nH]1. The summed E-state index contributed by atoms with van der Waals surface area (Å²) in [5.74, 6) is 0. The van der Waals surface area contributed by atoms with Gasteiger partial charge in [-0.25, -0.2) is 4.79 Å². The minimum absolute atomic E-state index is 0.00731. The van der Waals surface area contributed by atoms with Crippen LogP contribution in [0.15, 0.2) is 15.8 Å². The number of hydrogen-bond acceptors (Lipinski definition) is 6. The fourth-order valence-corrected chi connectivity index (χ4v) is 1.79. The number of aromatic nitrogens is 2. The molecular weight excluding hydrogens is 234 g/mol. The molecule has 5 N–H and O–H groups in total. The zero-order valence-corrected chi connectivity index (χ0v) is 8.66. The van der Waals surface area contributed by atoms with Gasteiger partial charge in [-0.05, 0) is 0 Å². The molecule has 0 spiro atoms. The second-order valence-electron chi connectivity index (χ2n) is 3.79. The fraction of sp³-hybridized carbons (Fsp3) is 0.556. The highest BCUT2D eigenvalue weighted by Crippen LogP contribution is 2.31. The van der Waals surface area contributed by atoms with E-state index in [9.17, 15) is 19.8 Å². The number of aliphatic hydroxyl groups is 3. The van der Waals surface area contributed by atoms with Crippen LogP contribution in [0.5, 0.6) is 0 Å². The number of aromatic amines is 2. The molecule has 0 aliphatic carbocycles. The van der Waals surface area contributed by atoms with Crippen LogP contribution in [-0.2, 0) is 4.74 Å².